The van der Waals surface area contributed by atoms with Crippen molar-refractivity contribution in [1.29, 1.82) is 5.26 Å². The standard InChI is InChI=1S/C22H19Cl2NO3/c1-22(2)17(12-19(23)24)20(22)21(26)28-18(13-25)14-7-6-10-16(11-14)27-15-8-4-3-5-9-15/h3-12,17-18,20H,1-2H3/i6+1,7+1,10+1,11+1,14+1,16+1. The Morgan fingerprint density at radius 2 is 1.82 bits per heavy atom. The molecule has 0 bridgehead atoms. The smallest absolute Gasteiger partial charge is 0.311 e. The quantitative estimate of drug-likeness (QED) is 0.522. The summed E-state index contributed by atoms with van der Waals surface area (Å²) in [7, 11) is 0. The molecular weight excluding hydrogens is 403 g/mol. The number of hydrogen-bond acceptors (Lipinski definition) is 4. The largest absolute Gasteiger partial charge is 0.457 e. The molecule has 1 saturated carbocycles. The number of nitriles is 1. The summed E-state index contributed by atoms with van der Waals surface area (Å²) >= 11 is 11.5. The summed E-state index contributed by atoms with van der Waals surface area (Å²) in [6, 6.07) is 18.3. The SMILES string of the molecule is CC1(C)C(C=C(Cl)Cl)C1C(=O)OC(C#N)[13c]1[13cH][13cH][13cH][13c](Oc2ccccc2)[13cH]1. The fourth-order valence-corrected chi connectivity index (χ4v) is 3.57. The van der Waals surface area contributed by atoms with Crippen molar-refractivity contribution in [3.05, 3.63) is 70.7 Å². The van der Waals surface area contributed by atoms with Crippen LogP contribution >= 0.6 is 23.2 Å². The van der Waals surface area contributed by atoms with Crippen LogP contribution in [0.1, 0.15) is 25.5 Å². The van der Waals surface area contributed by atoms with Gasteiger partial charge in [-0.2, -0.15) is 5.26 Å². The van der Waals surface area contributed by atoms with Crippen LogP contribution in [0.15, 0.2) is 65.2 Å². The van der Waals surface area contributed by atoms with Gasteiger partial charge in [-0.15, -0.1) is 0 Å². The summed E-state index contributed by atoms with van der Waals surface area (Å²) in [5.74, 6) is 0.289. The molecule has 1 fully saturated rings. The highest BCUT2D eigenvalue weighted by Gasteiger charge is 2.62. The normalized spacial score (nSPS) is 20.4. The third-order valence-electron chi connectivity index (χ3n) is 4.96. The van der Waals surface area contributed by atoms with E-state index in [9.17, 15) is 10.1 Å². The van der Waals surface area contributed by atoms with Gasteiger partial charge in [-0.3, -0.25) is 4.79 Å². The van der Waals surface area contributed by atoms with Crippen LogP contribution in [0.5, 0.6) is 11.5 Å². The Kier molecular flexibility index (Phi) is 5.98. The van der Waals surface area contributed by atoms with Gasteiger partial charge in [0.2, 0.25) is 6.10 Å². The summed E-state index contributed by atoms with van der Waals surface area (Å²) in [6.45, 7) is 3.87. The minimum atomic E-state index is -1.03. The monoisotopic (exact) mass is 421 g/mol. The molecule has 0 heterocycles. The van der Waals surface area contributed by atoms with Crippen molar-refractivity contribution in [3.63, 3.8) is 0 Å². The van der Waals surface area contributed by atoms with Crippen molar-refractivity contribution in [2.75, 3.05) is 0 Å². The molecule has 3 rings (SSSR count). The third kappa shape index (κ3) is 4.49. The van der Waals surface area contributed by atoms with E-state index in [1.165, 1.54) is 0 Å². The maximum absolute atomic E-state index is 12.6. The molecule has 0 radical (unpaired) electrons. The van der Waals surface area contributed by atoms with Crippen LogP contribution in [-0.4, -0.2) is 5.97 Å². The van der Waals surface area contributed by atoms with E-state index in [0.29, 0.717) is 17.1 Å². The molecule has 0 spiro atoms. The lowest BCUT2D eigenvalue weighted by Crippen LogP contribution is -2.14. The second kappa shape index (κ2) is 8.26. The number of rotatable bonds is 6. The Morgan fingerprint density at radius 3 is 2.46 bits per heavy atom. The Hall–Kier alpha value is -2.48. The number of halogens is 2. The molecule has 0 aromatic heterocycles. The zero-order valence-electron chi connectivity index (χ0n) is 15.4. The highest BCUT2D eigenvalue weighted by Crippen LogP contribution is 2.60. The van der Waals surface area contributed by atoms with Crippen molar-refractivity contribution in [1.82, 2.24) is 0 Å². The first-order valence-electron chi connectivity index (χ1n) is 8.78. The van der Waals surface area contributed by atoms with Crippen molar-refractivity contribution in [2.45, 2.75) is 20.0 Å². The molecule has 1 aliphatic rings. The molecule has 1 aliphatic carbocycles. The number of ether oxygens (including phenoxy) is 2. The molecule has 0 amide bonds. The van der Waals surface area contributed by atoms with Gasteiger partial charge in [0.05, 0.1) is 5.92 Å². The zero-order chi connectivity index (χ0) is 20.3. The van der Waals surface area contributed by atoms with E-state index >= 15 is 0 Å². The van der Waals surface area contributed by atoms with Gasteiger partial charge in [-0.25, -0.2) is 0 Å². The van der Waals surface area contributed by atoms with Crippen LogP contribution < -0.4 is 4.74 Å². The summed E-state index contributed by atoms with van der Waals surface area (Å²) in [6.07, 6.45) is 0.615. The third-order valence-corrected chi connectivity index (χ3v) is 5.21. The number of carbonyl (C=O) groups is 1. The van der Waals surface area contributed by atoms with Gasteiger partial charge in [0, 0.05) is 5.56 Å². The highest BCUT2D eigenvalue weighted by molar-refractivity contribution is 6.55. The maximum atomic E-state index is 12.6. The lowest BCUT2D eigenvalue weighted by atomic mass is 10.1. The lowest BCUT2D eigenvalue weighted by molar-refractivity contribution is -0.149. The first-order valence-corrected chi connectivity index (χ1v) is 9.54. The summed E-state index contributed by atoms with van der Waals surface area (Å²) in [4.78, 5) is 12.6. The van der Waals surface area contributed by atoms with E-state index in [1.54, 1.807) is 30.3 Å². The number of nitrogens with zero attached hydrogens (tertiary/aromatic N) is 1. The number of esters is 1. The molecule has 3 unspecified atom stereocenters. The average molecular weight is 422 g/mol. The van der Waals surface area contributed by atoms with Crippen molar-refractivity contribution in [3.8, 4) is 17.6 Å². The van der Waals surface area contributed by atoms with Crippen molar-refractivity contribution < 1.29 is 14.3 Å². The first-order chi connectivity index (χ1) is 13.3. The average Bonchev–Trinajstić information content (AvgIpc) is 3.20. The molecule has 28 heavy (non-hydrogen) atoms. The van der Waals surface area contributed by atoms with Crippen LogP contribution in [0.25, 0.3) is 0 Å². The fourth-order valence-electron chi connectivity index (χ4n) is 3.30. The zero-order valence-corrected chi connectivity index (χ0v) is 16.9. The van der Waals surface area contributed by atoms with Gasteiger partial charge in [0.1, 0.15) is 22.1 Å². The molecule has 2 aromatic carbocycles. The minimum absolute atomic E-state index is 0.114. The Bertz CT molecular complexity index is 930. The van der Waals surface area contributed by atoms with E-state index < -0.39 is 12.1 Å². The van der Waals surface area contributed by atoms with Gasteiger partial charge in [0.25, 0.3) is 0 Å². The van der Waals surface area contributed by atoms with Gasteiger partial charge in [0.15, 0.2) is 0 Å². The molecule has 144 valence electrons. The Balaban J connectivity index is 1.72. The van der Waals surface area contributed by atoms with Gasteiger partial charge in [-0.1, -0.05) is 67.4 Å². The molecule has 0 saturated heterocycles. The van der Waals surface area contributed by atoms with E-state index in [0.717, 1.165) is 0 Å². The number of carbonyl (C=O) groups excluding carboxylic acids is 1. The van der Waals surface area contributed by atoms with E-state index in [1.807, 2.05) is 50.2 Å². The Labute approximate surface area is 174 Å². The highest BCUT2D eigenvalue weighted by atomic mass is 35.5. The fraction of sp³-hybridized carbons (Fsp3) is 0.273. The maximum Gasteiger partial charge on any atom is 0.311 e. The number of allylic oxidation sites excluding steroid dienone is 1. The van der Waals surface area contributed by atoms with Crippen LogP contribution in [0, 0.1) is 28.6 Å². The number of para-hydroxylation sites is 1. The molecule has 0 N–H and O–H groups in total. The molecule has 2 aromatic rings. The summed E-state index contributed by atoms with van der Waals surface area (Å²) in [5, 5.41) is 9.53. The van der Waals surface area contributed by atoms with Crippen molar-refractivity contribution in [2.24, 2.45) is 17.3 Å². The predicted molar refractivity (Wildman–Crippen MR) is 108 cm³/mol. The molecule has 4 nitrogen and oxygen atoms in total. The van der Waals surface area contributed by atoms with Gasteiger partial charge >= 0.3 is 5.97 Å². The topological polar surface area (TPSA) is 59.3 Å². The van der Waals surface area contributed by atoms with E-state index in [-0.39, 0.29) is 21.7 Å². The van der Waals surface area contributed by atoms with E-state index in [4.69, 9.17) is 32.7 Å². The Morgan fingerprint density at radius 1 is 1.14 bits per heavy atom. The minimum Gasteiger partial charge on any atom is -0.457 e. The second-order valence-electron chi connectivity index (χ2n) is 7.21. The lowest BCUT2D eigenvalue weighted by Gasteiger charge is -2.13. The van der Waals surface area contributed by atoms with Crippen molar-refractivity contribution >= 4 is 29.2 Å². The summed E-state index contributed by atoms with van der Waals surface area (Å²) < 4.78 is 11.4. The van der Waals surface area contributed by atoms with Gasteiger partial charge in [-0.05, 0) is 41.7 Å². The number of hydrogen-bond donors (Lipinski definition) is 0. The van der Waals surface area contributed by atoms with Crippen LogP contribution in [0.2, 0.25) is 0 Å². The van der Waals surface area contributed by atoms with Crippen LogP contribution in [-0.2, 0) is 9.53 Å². The van der Waals surface area contributed by atoms with Crippen LogP contribution in [0.4, 0.5) is 0 Å². The molecular formula is C22H19Cl2NO3. The number of benzene rings is 2. The predicted octanol–water partition coefficient (Wildman–Crippen LogP) is 6.18. The van der Waals surface area contributed by atoms with Crippen LogP contribution in [0.3, 0.4) is 0 Å². The molecule has 0 aliphatic heterocycles. The van der Waals surface area contributed by atoms with Gasteiger partial charge < -0.3 is 9.47 Å². The molecule has 6 heteroatoms. The van der Waals surface area contributed by atoms with E-state index in [2.05, 4.69) is 0 Å². The first kappa shape index (κ1) is 20.3. The molecule has 3 atom stereocenters. The second-order valence-corrected chi connectivity index (χ2v) is 8.22. The summed E-state index contributed by atoms with van der Waals surface area (Å²) in [5.41, 5.74) is 0.231.